The average molecular weight is 188 g/mol. The van der Waals surface area contributed by atoms with E-state index in [0.717, 1.165) is 0 Å². The largest absolute Gasteiger partial charge is 0.460 e. The lowest BCUT2D eigenvalue weighted by atomic mass is 10.7. The van der Waals surface area contributed by atoms with E-state index in [2.05, 4.69) is 6.58 Å². The van der Waals surface area contributed by atoms with Crippen molar-refractivity contribution in [3.63, 3.8) is 0 Å². The monoisotopic (exact) mass is 188 g/mol. The highest BCUT2D eigenvalue weighted by atomic mass is 28.4. The van der Waals surface area contributed by atoms with Crippen molar-refractivity contribution in [3.05, 3.63) is 12.7 Å². The highest BCUT2D eigenvalue weighted by Gasteiger charge is 2.16. The molecule has 4 heteroatoms. The average Bonchev–Trinajstić information content (AvgIpc) is 1.95. The second-order valence-corrected chi connectivity index (χ2v) is 7.89. The number of carbonyl (C=O) groups is 1. The minimum atomic E-state index is -1.59. The van der Waals surface area contributed by atoms with Crippen molar-refractivity contribution in [2.45, 2.75) is 19.6 Å². The number of carbonyl (C=O) groups excluding carboxylic acids is 1. The van der Waals surface area contributed by atoms with Gasteiger partial charge >= 0.3 is 5.97 Å². The van der Waals surface area contributed by atoms with E-state index in [0.29, 0.717) is 0 Å². The summed E-state index contributed by atoms with van der Waals surface area (Å²) in [6.45, 7) is 9.81. The van der Waals surface area contributed by atoms with Gasteiger partial charge in [-0.25, -0.2) is 4.79 Å². The standard InChI is InChI=1S/C8H16O3Si/c1-5-6-10-8(9)7-11-12(2,3)4/h5H,1,6-7H2,2-4H3. The summed E-state index contributed by atoms with van der Waals surface area (Å²) in [6.07, 6.45) is 1.53. The van der Waals surface area contributed by atoms with E-state index in [1.807, 2.05) is 19.6 Å². The van der Waals surface area contributed by atoms with Gasteiger partial charge in [-0.3, -0.25) is 0 Å². The van der Waals surface area contributed by atoms with Crippen LogP contribution in [0.1, 0.15) is 0 Å². The number of rotatable bonds is 5. The normalized spacial score (nSPS) is 10.9. The molecule has 0 saturated heterocycles. The minimum absolute atomic E-state index is 0.0591. The lowest BCUT2D eigenvalue weighted by molar-refractivity contribution is -0.145. The van der Waals surface area contributed by atoms with Gasteiger partial charge in [0.15, 0.2) is 8.32 Å². The van der Waals surface area contributed by atoms with Crippen LogP contribution >= 0.6 is 0 Å². The maximum absolute atomic E-state index is 10.9. The molecule has 70 valence electrons. The molecule has 0 N–H and O–H groups in total. The summed E-state index contributed by atoms with van der Waals surface area (Å²) in [6, 6.07) is 0. The smallest absolute Gasteiger partial charge is 0.331 e. The molecule has 0 saturated carbocycles. The molecule has 0 aliphatic heterocycles. The zero-order chi connectivity index (χ0) is 9.61. The van der Waals surface area contributed by atoms with E-state index in [1.165, 1.54) is 6.08 Å². The van der Waals surface area contributed by atoms with Gasteiger partial charge in [-0.05, 0) is 19.6 Å². The van der Waals surface area contributed by atoms with Crippen LogP contribution in [0, 0.1) is 0 Å². The molecule has 0 aliphatic rings. The first-order valence-corrected chi connectivity index (χ1v) is 7.27. The lowest BCUT2D eigenvalue weighted by Gasteiger charge is -2.15. The Balaban J connectivity index is 3.51. The highest BCUT2D eigenvalue weighted by Crippen LogP contribution is 2.01. The summed E-state index contributed by atoms with van der Waals surface area (Å²) in [5.74, 6) is -0.322. The van der Waals surface area contributed by atoms with Crippen LogP contribution in [0.2, 0.25) is 19.6 Å². The van der Waals surface area contributed by atoms with Crippen LogP contribution in [-0.4, -0.2) is 27.5 Å². The van der Waals surface area contributed by atoms with Gasteiger partial charge in [-0.1, -0.05) is 12.7 Å². The fourth-order valence-corrected chi connectivity index (χ4v) is 1.02. The molecule has 0 heterocycles. The second-order valence-electron chi connectivity index (χ2n) is 3.37. The number of hydrogen-bond acceptors (Lipinski definition) is 3. The molecular weight excluding hydrogens is 172 g/mol. The Morgan fingerprint density at radius 3 is 2.50 bits per heavy atom. The summed E-state index contributed by atoms with van der Waals surface area (Å²) in [5, 5.41) is 0. The topological polar surface area (TPSA) is 35.5 Å². The van der Waals surface area contributed by atoms with Gasteiger partial charge in [0.25, 0.3) is 0 Å². The number of esters is 1. The zero-order valence-electron chi connectivity index (χ0n) is 7.92. The van der Waals surface area contributed by atoms with Crippen molar-refractivity contribution in [1.82, 2.24) is 0 Å². The first kappa shape index (κ1) is 11.4. The Kier molecular flexibility index (Phi) is 4.85. The SMILES string of the molecule is C=CCOC(=O)CO[Si](C)(C)C. The van der Waals surface area contributed by atoms with E-state index >= 15 is 0 Å². The minimum Gasteiger partial charge on any atom is -0.460 e. The third-order valence-electron chi connectivity index (χ3n) is 0.985. The molecular formula is C8H16O3Si. The van der Waals surface area contributed by atoms with E-state index < -0.39 is 8.32 Å². The molecule has 0 bridgehead atoms. The summed E-state index contributed by atoms with van der Waals surface area (Å²) >= 11 is 0. The first-order valence-electron chi connectivity index (χ1n) is 3.86. The van der Waals surface area contributed by atoms with Crippen LogP contribution in [0.25, 0.3) is 0 Å². The number of ether oxygens (including phenoxy) is 1. The van der Waals surface area contributed by atoms with E-state index in [1.54, 1.807) is 0 Å². The third kappa shape index (κ3) is 7.49. The Morgan fingerprint density at radius 1 is 1.50 bits per heavy atom. The molecule has 0 amide bonds. The third-order valence-corrected chi connectivity index (χ3v) is 2.00. The molecule has 0 aliphatic carbocycles. The van der Waals surface area contributed by atoms with Crippen molar-refractivity contribution < 1.29 is 14.0 Å². The van der Waals surface area contributed by atoms with Gasteiger partial charge in [0.1, 0.15) is 13.2 Å². The van der Waals surface area contributed by atoms with Crippen molar-refractivity contribution in [1.29, 1.82) is 0 Å². The summed E-state index contributed by atoms with van der Waals surface area (Å²) < 4.78 is 10.0. The quantitative estimate of drug-likeness (QED) is 0.373. The van der Waals surface area contributed by atoms with E-state index in [4.69, 9.17) is 9.16 Å². The van der Waals surface area contributed by atoms with Crippen molar-refractivity contribution >= 4 is 14.3 Å². The highest BCUT2D eigenvalue weighted by molar-refractivity contribution is 6.69. The predicted molar refractivity (Wildman–Crippen MR) is 50.5 cm³/mol. The molecule has 0 spiro atoms. The molecule has 0 aromatic rings. The molecule has 0 unspecified atom stereocenters. The van der Waals surface area contributed by atoms with Gasteiger partial charge in [0.2, 0.25) is 0 Å². The van der Waals surface area contributed by atoms with E-state index in [-0.39, 0.29) is 19.2 Å². The molecule has 12 heavy (non-hydrogen) atoms. The van der Waals surface area contributed by atoms with Crippen LogP contribution in [0.5, 0.6) is 0 Å². The molecule has 0 radical (unpaired) electrons. The second kappa shape index (κ2) is 5.11. The predicted octanol–water partition coefficient (Wildman–Crippen LogP) is 1.57. The molecule has 0 atom stereocenters. The Morgan fingerprint density at radius 2 is 2.08 bits per heavy atom. The maximum Gasteiger partial charge on any atom is 0.331 e. The fourth-order valence-electron chi connectivity index (χ4n) is 0.469. The molecule has 0 aromatic heterocycles. The van der Waals surface area contributed by atoms with Crippen LogP contribution < -0.4 is 0 Å². The van der Waals surface area contributed by atoms with Crippen LogP contribution in [0.3, 0.4) is 0 Å². The van der Waals surface area contributed by atoms with Crippen LogP contribution in [0.4, 0.5) is 0 Å². The Hall–Kier alpha value is -0.613. The molecule has 0 aromatic carbocycles. The lowest BCUT2D eigenvalue weighted by Crippen LogP contribution is -2.29. The van der Waals surface area contributed by atoms with Gasteiger partial charge < -0.3 is 9.16 Å². The molecule has 0 rings (SSSR count). The van der Waals surface area contributed by atoms with Crippen LogP contribution in [0.15, 0.2) is 12.7 Å². The number of hydrogen-bond donors (Lipinski definition) is 0. The van der Waals surface area contributed by atoms with E-state index in [9.17, 15) is 4.79 Å². The summed E-state index contributed by atoms with van der Waals surface area (Å²) in [4.78, 5) is 10.9. The Labute approximate surface area is 74.5 Å². The fraction of sp³-hybridized carbons (Fsp3) is 0.625. The van der Waals surface area contributed by atoms with Crippen LogP contribution in [-0.2, 0) is 14.0 Å². The van der Waals surface area contributed by atoms with Crippen molar-refractivity contribution in [2.75, 3.05) is 13.2 Å². The maximum atomic E-state index is 10.9. The Bertz CT molecular complexity index is 160. The van der Waals surface area contributed by atoms with Crippen molar-refractivity contribution in [3.8, 4) is 0 Å². The van der Waals surface area contributed by atoms with Gasteiger partial charge in [0, 0.05) is 0 Å². The molecule has 0 fully saturated rings. The first-order chi connectivity index (χ1) is 5.45. The van der Waals surface area contributed by atoms with Gasteiger partial charge in [-0.15, -0.1) is 0 Å². The van der Waals surface area contributed by atoms with Crippen molar-refractivity contribution in [2.24, 2.45) is 0 Å². The van der Waals surface area contributed by atoms with Gasteiger partial charge in [-0.2, -0.15) is 0 Å². The molecule has 3 nitrogen and oxygen atoms in total. The zero-order valence-corrected chi connectivity index (χ0v) is 8.92. The summed E-state index contributed by atoms with van der Waals surface area (Å²) in [5.41, 5.74) is 0. The van der Waals surface area contributed by atoms with Gasteiger partial charge in [0.05, 0.1) is 0 Å². The summed E-state index contributed by atoms with van der Waals surface area (Å²) in [7, 11) is -1.59.